The molecule has 0 aromatic carbocycles. The molecule has 1 rings (SSSR count). The Morgan fingerprint density at radius 1 is 1.24 bits per heavy atom. The van der Waals surface area contributed by atoms with E-state index in [9.17, 15) is 0 Å². The van der Waals surface area contributed by atoms with Crippen LogP contribution in [0.5, 0.6) is 0 Å². The number of hydrogen-bond acceptors (Lipinski definition) is 4. The fourth-order valence-electron chi connectivity index (χ4n) is 1.99. The predicted molar refractivity (Wildman–Crippen MR) is 71.0 cm³/mol. The van der Waals surface area contributed by atoms with Crippen molar-refractivity contribution < 1.29 is 4.42 Å². The number of likely N-dealkylation sites (N-methyl/N-ethyl adjacent to an activating group) is 2. The molecular formula is C13H25N3O. The van der Waals surface area contributed by atoms with Crippen LogP contribution < -0.4 is 5.73 Å². The molecule has 0 fully saturated rings. The van der Waals surface area contributed by atoms with Gasteiger partial charge in [0.1, 0.15) is 11.5 Å². The molecule has 0 radical (unpaired) electrons. The van der Waals surface area contributed by atoms with Crippen LogP contribution in [-0.4, -0.2) is 50.1 Å². The Kier molecular flexibility index (Phi) is 5.18. The van der Waals surface area contributed by atoms with Gasteiger partial charge in [0.25, 0.3) is 0 Å². The fourth-order valence-corrected chi connectivity index (χ4v) is 1.99. The number of rotatable bonds is 6. The molecule has 4 heteroatoms. The van der Waals surface area contributed by atoms with E-state index in [2.05, 4.69) is 30.9 Å². The summed E-state index contributed by atoms with van der Waals surface area (Å²) in [4.78, 5) is 4.42. The molecular weight excluding hydrogens is 214 g/mol. The van der Waals surface area contributed by atoms with E-state index in [1.54, 1.807) is 0 Å². The highest BCUT2D eigenvalue weighted by Gasteiger charge is 2.23. The van der Waals surface area contributed by atoms with E-state index in [0.717, 1.165) is 24.6 Å². The second-order valence-electron chi connectivity index (χ2n) is 5.04. The second-order valence-corrected chi connectivity index (χ2v) is 5.04. The summed E-state index contributed by atoms with van der Waals surface area (Å²) < 4.78 is 5.70. The van der Waals surface area contributed by atoms with Crippen LogP contribution >= 0.6 is 0 Å². The number of aryl methyl sites for hydroxylation is 1. The van der Waals surface area contributed by atoms with E-state index in [-0.39, 0.29) is 12.1 Å². The molecule has 1 aromatic rings. The predicted octanol–water partition coefficient (Wildman–Crippen LogP) is 1.47. The molecule has 0 saturated carbocycles. The summed E-state index contributed by atoms with van der Waals surface area (Å²) in [7, 11) is 6.24. The lowest BCUT2D eigenvalue weighted by Crippen LogP contribution is -2.40. The quantitative estimate of drug-likeness (QED) is 0.816. The van der Waals surface area contributed by atoms with Crippen molar-refractivity contribution in [2.45, 2.75) is 25.9 Å². The number of nitrogens with two attached hydrogens (primary N) is 1. The van der Waals surface area contributed by atoms with Crippen LogP contribution in [0.3, 0.4) is 0 Å². The molecule has 2 atom stereocenters. The molecule has 17 heavy (non-hydrogen) atoms. The van der Waals surface area contributed by atoms with E-state index in [1.165, 1.54) is 0 Å². The Morgan fingerprint density at radius 3 is 2.29 bits per heavy atom. The summed E-state index contributed by atoms with van der Waals surface area (Å²) in [5.41, 5.74) is 6.07. The summed E-state index contributed by atoms with van der Waals surface area (Å²) in [5, 5.41) is 0. The van der Waals surface area contributed by atoms with E-state index >= 15 is 0 Å². The molecule has 0 bridgehead atoms. The van der Waals surface area contributed by atoms with Crippen molar-refractivity contribution in [1.29, 1.82) is 0 Å². The minimum absolute atomic E-state index is 0.0488. The van der Waals surface area contributed by atoms with Crippen LogP contribution in [-0.2, 0) is 0 Å². The molecule has 1 aromatic heterocycles. The number of nitrogens with zero attached hydrogens (tertiary/aromatic N) is 2. The van der Waals surface area contributed by atoms with Gasteiger partial charge in [-0.05, 0) is 47.1 Å². The van der Waals surface area contributed by atoms with Gasteiger partial charge in [-0.1, -0.05) is 0 Å². The van der Waals surface area contributed by atoms with Gasteiger partial charge in [0.15, 0.2) is 0 Å². The number of hydrogen-bond donors (Lipinski definition) is 1. The fraction of sp³-hybridized carbons (Fsp3) is 0.692. The monoisotopic (exact) mass is 239 g/mol. The first-order chi connectivity index (χ1) is 7.91. The van der Waals surface area contributed by atoms with Gasteiger partial charge < -0.3 is 15.1 Å². The molecule has 0 aliphatic heterocycles. The van der Waals surface area contributed by atoms with Crippen LogP contribution in [0.2, 0.25) is 0 Å². The lowest BCUT2D eigenvalue weighted by molar-refractivity contribution is 0.175. The van der Waals surface area contributed by atoms with Crippen LogP contribution in [0, 0.1) is 6.92 Å². The largest absolute Gasteiger partial charge is 0.465 e. The first-order valence-corrected chi connectivity index (χ1v) is 6.08. The zero-order valence-electron chi connectivity index (χ0n) is 11.6. The first-order valence-electron chi connectivity index (χ1n) is 6.08. The Morgan fingerprint density at radius 2 is 1.88 bits per heavy atom. The van der Waals surface area contributed by atoms with Crippen molar-refractivity contribution in [2.75, 3.05) is 34.2 Å². The van der Waals surface area contributed by atoms with Crippen LogP contribution in [0.15, 0.2) is 16.5 Å². The standard InChI is InChI=1S/C13H25N3O/c1-10-6-7-12(17-10)13(11(2)14)16(5)9-8-15(3)4/h6-7,11,13H,8-9,14H2,1-5H3. The van der Waals surface area contributed by atoms with E-state index in [4.69, 9.17) is 10.2 Å². The molecule has 0 spiro atoms. The minimum atomic E-state index is 0.0488. The maximum Gasteiger partial charge on any atom is 0.122 e. The highest BCUT2D eigenvalue weighted by atomic mass is 16.3. The minimum Gasteiger partial charge on any atom is -0.465 e. The summed E-state index contributed by atoms with van der Waals surface area (Å²) in [5.74, 6) is 1.89. The van der Waals surface area contributed by atoms with Crippen molar-refractivity contribution in [1.82, 2.24) is 9.80 Å². The van der Waals surface area contributed by atoms with Gasteiger partial charge in [0.05, 0.1) is 6.04 Å². The zero-order chi connectivity index (χ0) is 13.0. The molecule has 98 valence electrons. The first kappa shape index (κ1) is 14.2. The Labute approximate surface area is 104 Å². The van der Waals surface area contributed by atoms with Gasteiger partial charge in [-0.2, -0.15) is 0 Å². The SMILES string of the molecule is Cc1ccc(C(C(C)N)N(C)CCN(C)C)o1. The normalized spacial score (nSPS) is 15.5. The maximum absolute atomic E-state index is 6.07. The molecule has 1 heterocycles. The molecule has 4 nitrogen and oxygen atoms in total. The lowest BCUT2D eigenvalue weighted by Gasteiger charge is -2.30. The van der Waals surface area contributed by atoms with Crippen molar-refractivity contribution in [3.05, 3.63) is 23.7 Å². The van der Waals surface area contributed by atoms with E-state index in [1.807, 2.05) is 26.0 Å². The van der Waals surface area contributed by atoms with Crippen molar-refractivity contribution in [3.63, 3.8) is 0 Å². The average molecular weight is 239 g/mol. The molecule has 2 N–H and O–H groups in total. The molecule has 0 saturated heterocycles. The van der Waals surface area contributed by atoms with Gasteiger partial charge in [0.2, 0.25) is 0 Å². The Hall–Kier alpha value is -0.840. The third kappa shape index (κ3) is 4.15. The number of furan rings is 1. The topological polar surface area (TPSA) is 45.6 Å². The average Bonchev–Trinajstić information content (AvgIpc) is 2.61. The van der Waals surface area contributed by atoms with Gasteiger partial charge in [-0.3, -0.25) is 4.90 Å². The van der Waals surface area contributed by atoms with Crippen LogP contribution in [0.25, 0.3) is 0 Å². The smallest absolute Gasteiger partial charge is 0.122 e. The van der Waals surface area contributed by atoms with E-state index in [0.29, 0.717) is 0 Å². The van der Waals surface area contributed by atoms with Crippen LogP contribution in [0.1, 0.15) is 24.5 Å². The van der Waals surface area contributed by atoms with Gasteiger partial charge in [-0.15, -0.1) is 0 Å². The molecule has 2 unspecified atom stereocenters. The Bertz CT molecular complexity index is 333. The highest BCUT2D eigenvalue weighted by Crippen LogP contribution is 2.23. The summed E-state index contributed by atoms with van der Waals surface area (Å²) in [6, 6.07) is 4.20. The Balaban J connectivity index is 2.72. The lowest BCUT2D eigenvalue weighted by atomic mass is 10.1. The maximum atomic E-state index is 6.07. The summed E-state index contributed by atoms with van der Waals surface area (Å²) in [6.07, 6.45) is 0. The summed E-state index contributed by atoms with van der Waals surface area (Å²) >= 11 is 0. The van der Waals surface area contributed by atoms with Gasteiger partial charge in [0, 0.05) is 19.1 Å². The molecule has 0 aliphatic rings. The third-order valence-electron chi connectivity index (χ3n) is 2.93. The van der Waals surface area contributed by atoms with E-state index < -0.39 is 0 Å². The molecule has 0 aliphatic carbocycles. The second kappa shape index (κ2) is 6.19. The van der Waals surface area contributed by atoms with Crippen LogP contribution in [0.4, 0.5) is 0 Å². The molecule has 0 amide bonds. The van der Waals surface area contributed by atoms with Crippen molar-refractivity contribution in [3.8, 4) is 0 Å². The zero-order valence-corrected chi connectivity index (χ0v) is 11.6. The highest BCUT2D eigenvalue weighted by molar-refractivity contribution is 5.11. The third-order valence-corrected chi connectivity index (χ3v) is 2.93. The van der Waals surface area contributed by atoms with Crippen molar-refractivity contribution >= 4 is 0 Å². The van der Waals surface area contributed by atoms with Gasteiger partial charge in [-0.25, -0.2) is 0 Å². The van der Waals surface area contributed by atoms with Gasteiger partial charge >= 0.3 is 0 Å². The summed E-state index contributed by atoms with van der Waals surface area (Å²) in [6.45, 7) is 5.97. The van der Waals surface area contributed by atoms with Crippen molar-refractivity contribution in [2.24, 2.45) is 5.73 Å².